The Labute approximate surface area is 216 Å². The number of rotatable bonds is 4. The largest absolute Gasteiger partial charge is 0.459 e. The quantitative estimate of drug-likeness (QED) is 0.337. The molecule has 0 saturated carbocycles. The monoisotopic (exact) mass is 508 g/mol. The molecule has 9 heteroatoms. The van der Waals surface area contributed by atoms with Crippen molar-refractivity contribution in [3.8, 4) is 11.3 Å². The summed E-state index contributed by atoms with van der Waals surface area (Å²) in [6, 6.07) is 18.6. The van der Waals surface area contributed by atoms with E-state index in [-0.39, 0.29) is 17.5 Å². The summed E-state index contributed by atoms with van der Waals surface area (Å²) in [5.74, 6) is 0.155. The van der Waals surface area contributed by atoms with Gasteiger partial charge in [0.05, 0.1) is 28.6 Å². The average Bonchev–Trinajstić information content (AvgIpc) is 3.63. The molecule has 1 fully saturated rings. The molecule has 0 bridgehead atoms. The number of hydrogen-bond donors (Lipinski definition) is 1. The second-order valence-corrected chi connectivity index (χ2v) is 9.32. The van der Waals surface area contributed by atoms with Crippen LogP contribution in [0.15, 0.2) is 81.9 Å². The van der Waals surface area contributed by atoms with Crippen molar-refractivity contribution >= 4 is 39.7 Å². The number of nitrogens with zero attached hydrogens (tertiary/aromatic N) is 3. The summed E-state index contributed by atoms with van der Waals surface area (Å²) in [5.41, 5.74) is 4.06. The summed E-state index contributed by atoms with van der Waals surface area (Å²) in [5, 5.41) is 8.29. The van der Waals surface area contributed by atoms with Gasteiger partial charge >= 0.3 is 0 Å². The molecule has 1 aliphatic carbocycles. The van der Waals surface area contributed by atoms with Gasteiger partial charge in [-0.25, -0.2) is 4.39 Å². The fraction of sp³-hybridized carbons (Fsp3) is 0.138. The topological polar surface area (TPSA) is 91.8 Å². The van der Waals surface area contributed by atoms with Crippen LogP contribution in [0.25, 0.3) is 22.2 Å². The molecule has 0 radical (unpaired) electrons. The van der Waals surface area contributed by atoms with E-state index in [4.69, 9.17) is 8.94 Å². The molecule has 7 rings (SSSR count). The fourth-order valence-corrected chi connectivity index (χ4v) is 5.31. The predicted molar refractivity (Wildman–Crippen MR) is 139 cm³/mol. The first kappa shape index (κ1) is 22.3. The van der Waals surface area contributed by atoms with E-state index in [1.54, 1.807) is 35.2 Å². The maximum Gasteiger partial charge on any atom is 0.289 e. The Morgan fingerprint density at radius 1 is 0.947 bits per heavy atom. The predicted octanol–water partition coefficient (Wildman–Crippen LogP) is 5.48. The van der Waals surface area contributed by atoms with Gasteiger partial charge in [-0.05, 0) is 36.4 Å². The number of ketones is 1. The lowest BCUT2D eigenvalue weighted by atomic mass is 9.86. The van der Waals surface area contributed by atoms with Crippen molar-refractivity contribution in [1.82, 2.24) is 10.1 Å². The molecule has 0 atom stereocenters. The minimum Gasteiger partial charge on any atom is -0.459 e. The highest BCUT2D eigenvalue weighted by Gasteiger charge is 2.34. The van der Waals surface area contributed by atoms with Gasteiger partial charge in [0.25, 0.3) is 5.91 Å². The number of hydrogen-bond acceptors (Lipinski definition) is 7. The van der Waals surface area contributed by atoms with Gasteiger partial charge < -0.3 is 24.1 Å². The van der Waals surface area contributed by atoms with Crippen molar-refractivity contribution < 1.29 is 22.9 Å². The SMILES string of the molecule is O=C1c2ccccc2-c2onc3c(N4CCN(C(=O)c5ccco5)CC4)cc(Nc4cccc(F)c4)c1c23. The summed E-state index contributed by atoms with van der Waals surface area (Å²) in [7, 11) is 0. The molecule has 8 nitrogen and oxygen atoms in total. The van der Waals surface area contributed by atoms with Crippen molar-refractivity contribution in [3.05, 3.63) is 95.7 Å². The Morgan fingerprint density at radius 3 is 2.53 bits per heavy atom. The molecule has 2 aliphatic rings. The van der Waals surface area contributed by atoms with E-state index in [1.165, 1.54) is 18.4 Å². The third-order valence-electron chi connectivity index (χ3n) is 7.12. The second-order valence-electron chi connectivity index (χ2n) is 9.32. The number of carbonyl (C=O) groups is 2. The minimum absolute atomic E-state index is 0.149. The zero-order valence-corrected chi connectivity index (χ0v) is 20.1. The summed E-state index contributed by atoms with van der Waals surface area (Å²) in [6.45, 7) is 2.07. The first-order valence-electron chi connectivity index (χ1n) is 12.3. The summed E-state index contributed by atoms with van der Waals surface area (Å²) in [4.78, 5) is 30.4. The number of furan rings is 1. The van der Waals surface area contributed by atoms with Crippen molar-refractivity contribution in [3.63, 3.8) is 0 Å². The zero-order chi connectivity index (χ0) is 25.8. The molecular formula is C29H21FN4O4. The third-order valence-corrected chi connectivity index (χ3v) is 7.12. The van der Waals surface area contributed by atoms with Gasteiger partial charge in [0.15, 0.2) is 17.3 Å². The molecular weight excluding hydrogens is 487 g/mol. The van der Waals surface area contributed by atoms with Crippen LogP contribution in [-0.4, -0.2) is 47.9 Å². The van der Waals surface area contributed by atoms with Crippen molar-refractivity contribution in [2.75, 3.05) is 36.4 Å². The van der Waals surface area contributed by atoms with E-state index in [0.29, 0.717) is 76.7 Å². The summed E-state index contributed by atoms with van der Waals surface area (Å²) < 4.78 is 25.1. The number of anilines is 3. The van der Waals surface area contributed by atoms with Gasteiger partial charge in [0.2, 0.25) is 0 Å². The zero-order valence-electron chi connectivity index (χ0n) is 20.1. The van der Waals surface area contributed by atoms with E-state index < -0.39 is 0 Å². The number of aromatic nitrogens is 1. The van der Waals surface area contributed by atoms with Gasteiger partial charge in [-0.15, -0.1) is 0 Å². The van der Waals surface area contributed by atoms with Crippen LogP contribution < -0.4 is 10.2 Å². The van der Waals surface area contributed by atoms with Crippen LogP contribution >= 0.6 is 0 Å². The Balaban J connectivity index is 1.32. The lowest BCUT2D eigenvalue weighted by Crippen LogP contribution is -2.48. The maximum absolute atomic E-state index is 14.0. The van der Waals surface area contributed by atoms with Crippen LogP contribution in [0.5, 0.6) is 0 Å². The highest BCUT2D eigenvalue weighted by Crippen LogP contribution is 2.46. The van der Waals surface area contributed by atoms with Crippen molar-refractivity contribution in [2.45, 2.75) is 0 Å². The number of carbonyl (C=O) groups excluding carboxylic acids is 2. The molecule has 0 spiro atoms. The van der Waals surface area contributed by atoms with Crippen LogP contribution in [0.4, 0.5) is 21.5 Å². The van der Waals surface area contributed by atoms with Crippen molar-refractivity contribution in [2.24, 2.45) is 0 Å². The van der Waals surface area contributed by atoms with E-state index in [1.807, 2.05) is 24.3 Å². The highest BCUT2D eigenvalue weighted by atomic mass is 19.1. The van der Waals surface area contributed by atoms with E-state index >= 15 is 0 Å². The lowest BCUT2D eigenvalue weighted by Gasteiger charge is -2.36. The molecule has 38 heavy (non-hydrogen) atoms. The molecule has 3 aromatic carbocycles. The lowest BCUT2D eigenvalue weighted by molar-refractivity contribution is 0.0714. The minimum atomic E-state index is -0.385. The van der Waals surface area contributed by atoms with Gasteiger partial charge in [-0.2, -0.15) is 0 Å². The molecule has 2 aromatic heterocycles. The van der Waals surface area contributed by atoms with Gasteiger partial charge in [-0.3, -0.25) is 9.59 Å². The standard InChI is InChI=1S/C29H21FN4O4/c30-17-5-3-6-18(15-17)31-21-16-22(33-10-12-34(13-11-33)29(36)23-9-4-14-37-23)26-25-24(21)27(35)19-7-1-2-8-20(19)28(25)38-32-26/h1-9,14-16,31H,10-13H2. The number of piperazine rings is 1. The summed E-state index contributed by atoms with van der Waals surface area (Å²) >= 11 is 0. The Kier molecular flexibility index (Phi) is 5.04. The van der Waals surface area contributed by atoms with Crippen LogP contribution in [0.1, 0.15) is 26.5 Å². The number of fused-ring (bicyclic) bond motifs is 2. The number of amides is 1. The first-order valence-corrected chi connectivity index (χ1v) is 12.3. The molecule has 0 unspecified atom stereocenters. The number of nitrogens with one attached hydrogen (secondary N) is 1. The Morgan fingerprint density at radius 2 is 1.76 bits per heavy atom. The molecule has 3 heterocycles. The van der Waals surface area contributed by atoms with Crippen LogP contribution in [-0.2, 0) is 0 Å². The van der Waals surface area contributed by atoms with Crippen LogP contribution in [0, 0.1) is 5.82 Å². The van der Waals surface area contributed by atoms with E-state index in [2.05, 4.69) is 15.4 Å². The van der Waals surface area contributed by atoms with E-state index in [9.17, 15) is 14.0 Å². The number of halogens is 1. The average molecular weight is 509 g/mol. The fourth-order valence-electron chi connectivity index (χ4n) is 5.31. The Bertz CT molecular complexity index is 1720. The molecule has 1 N–H and O–H groups in total. The normalized spacial score (nSPS) is 14.6. The van der Waals surface area contributed by atoms with Gasteiger partial charge in [0.1, 0.15) is 11.3 Å². The molecule has 1 saturated heterocycles. The van der Waals surface area contributed by atoms with Crippen LogP contribution in [0.3, 0.4) is 0 Å². The smallest absolute Gasteiger partial charge is 0.289 e. The van der Waals surface area contributed by atoms with Crippen molar-refractivity contribution in [1.29, 1.82) is 0 Å². The highest BCUT2D eigenvalue weighted by molar-refractivity contribution is 6.28. The van der Waals surface area contributed by atoms with Gasteiger partial charge in [-0.1, -0.05) is 35.5 Å². The first-order chi connectivity index (χ1) is 18.6. The maximum atomic E-state index is 14.0. The second kappa shape index (κ2) is 8.58. The Hall–Kier alpha value is -4.92. The van der Waals surface area contributed by atoms with E-state index in [0.717, 1.165) is 5.69 Å². The molecule has 1 aliphatic heterocycles. The molecule has 188 valence electrons. The van der Waals surface area contributed by atoms with Crippen LogP contribution in [0.2, 0.25) is 0 Å². The summed E-state index contributed by atoms with van der Waals surface area (Å²) in [6.07, 6.45) is 1.49. The van der Waals surface area contributed by atoms with Gasteiger partial charge in [0, 0.05) is 43.0 Å². The molecule has 5 aromatic rings. The third kappa shape index (κ3) is 3.47. The number of benzene rings is 3. The molecule has 1 amide bonds.